The van der Waals surface area contributed by atoms with Crippen LogP contribution < -0.4 is 20.9 Å². The molecule has 6 aromatic rings. The van der Waals surface area contributed by atoms with Gasteiger partial charge in [0.25, 0.3) is 11.5 Å². The summed E-state index contributed by atoms with van der Waals surface area (Å²) in [7, 11) is 1.67. The van der Waals surface area contributed by atoms with Gasteiger partial charge in [-0.05, 0) is 60.5 Å². The molecular formula is C35H30FN5O4S. The summed E-state index contributed by atoms with van der Waals surface area (Å²) >= 11 is 1.45. The molecule has 0 spiro atoms. The molecule has 0 saturated carbocycles. The van der Waals surface area contributed by atoms with E-state index >= 15 is 4.39 Å². The Bertz CT molecular complexity index is 2060. The van der Waals surface area contributed by atoms with Gasteiger partial charge in [0.1, 0.15) is 11.3 Å². The summed E-state index contributed by atoms with van der Waals surface area (Å²) in [5, 5.41) is 5.95. The number of hydrogen-bond donors (Lipinski definition) is 2. The van der Waals surface area contributed by atoms with Crippen molar-refractivity contribution in [1.29, 1.82) is 0 Å². The fourth-order valence-electron chi connectivity index (χ4n) is 4.87. The molecular weight excluding hydrogens is 605 g/mol. The highest BCUT2D eigenvalue weighted by Crippen LogP contribution is 2.39. The predicted octanol–water partition coefficient (Wildman–Crippen LogP) is 6.74. The summed E-state index contributed by atoms with van der Waals surface area (Å²) in [5.74, 6) is -0.891. The molecule has 9 nitrogen and oxygen atoms in total. The average Bonchev–Trinajstić information content (AvgIpc) is 3.51. The van der Waals surface area contributed by atoms with Crippen molar-refractivity contribution in [2.75, 3.05) is 25.6 Å². The van der Waals surface area contributed by atoms with Crippen LogP contribution in [0.4, 0.5) is 10.1 Å². The van der Waals surface area contributed by atoms with E-state index < -0.39 is 17.3 Å². The maximum Gasteiger partial charge on any atom is 0.268 e. The van der Waals surface area contributed by atoms with Crippen molar-refractivity contribution >= 4 is 33.1 Å². The predicted molar refractivity (Wildman–Crippen MR) is 178 cm³/mol. The Morgan fingerprint density at radius 1 is 1.00 bits per heavy atom. The number of thiophene rings is 1. The van der Waals surface area contributed by atoms with Crippen LogP contribution in [0.1, 0.15) is 21.5 Å². The molecule has 2 aromatic carbocycles. The second kappa shape index (κ2) is 13.8. The van der Waals surface area contributed by atoms with Crippen LogP contribution in [-0.4, -0.2) is 40.7 Å². The topological polar surface area (TPSA) is 107 Å². The van der Waals surface area contributed by atoms with E-state index in [0.717, 1.165) is 33.4 Å². The summed E-state index contributed by atoms with van der Waals surface area (Å²) in [6, 6.07) is 22.4. The Morgan fingerprint density at radius 2 is 1.85 bits per heavy atom. The highest BCUT2D eigenvalue weighted by Gasteiger charge is 2.18. The number of anilines is 1. The molecule has 2 N–H and O–H groups in total. The van der Waals surface area contributed by atoms with Gasteiger partial charge in [0, 0.05) is 62.3 Å². The summed E-state index contributed by atoms with van der Waals surface area (Å²) in [4.78, 5) is 36.4. The number of carbonyl (C=O) groups excluding carboxylic acids is 1. The van der Waals surface area contributed by atoms with Gasteiger partial charge in [-0.1, -0.05) is 24.3 Å². The minimum atomic E-state index is -0.678. The summed E-state index contributed by atoms with van der Waals surface area (Å²) in [6.45, 7) is 3.77. The number of hydrogen-bond acceptors (Lipinski definition) is 8. The molecule has 0 bridgehead atoms. The maximum absolute atomic E-state index is 15.3. The van der Waals surface area contributed by atoms with E-state index in [4.69, 9.17) is 9.47 Å². The molecule has 0 aliphatic rings. The number of fused-ring (bicyclic) bond motifs is 1. The number of amides is 1. The number of ether oxygens (including phenoxy) is 2. The van der Waals surface area contributed by atoms with Crippen molar-refractivity contribution in [3.63, 3.8) is 0 Å². The van der Waals surface area contributed by atoms with E-state index in [0.29, 0.717) is 35.7 Å². The SMILES string of the molecule is COCCNCc1ccc(-c2cc3nccc(Oc4ccc(NC(=O)c5c(C)ccn(-c6ccccc6)c5=O)cc4F)c3s2)nc1. The number of methoxy groups -OCH3 is 1. The minimum absolute atomic E-state index is 0.0220. The van der Waals surface area contributed by atoms with E-state index in [-0.39, 0.29) is 17.0 Å². The van der Waals surface area contributed by atoms with E-state index in [1.165, 1.54) is 28.0 Å². The molecule has 11 heteroatoms. The van der Waals surface area contributed by atoms with Crippen LogP contribution >= 0.6 is 11.3 Å². The van der Waals surface area contributed by atoms with Crippen LogP contribution in [0.25, 0.3) is 26.5 Å². The van der Waals surface area contributed by atoms with Gasteiger partial charge < -0.3 is 20.1 Å². The highest BCUT2D eigenvalue weighted by molar-refractivity contribution is 7.22. The van der Waals surface area contributed by atoms with Gasteiger partial charge in [-0.2, -0.15) is 0 Å². The zero-order valence-electron chi connectivity index (χ0n) is 25.1. The molecule has 232 valence electrons. The molecule has 0 saturated heterocycles. The van der Waals surface area contributed by atoms with Gasteiger partial charge in [0.05, 0.1) is 27.4 Å². The molecule has 6 rings (SSSR count). The van der Waals surface area contributed by atoms with E-state index in [1.54, 1.807) is 50.7 Å². The van der Waals surface area contributed by atoms with Crippen LogP contribution in [0.3, 0.4) is 0 Å². The average molecular weight is 636 g/mol. The first-order chi connectivity index (χ1) is 22.4. The summed E-state index contributed by atoms with van der Waals surface area (Å²) in [6.07, 6.45) is 5.06. The number of carbonyl (C=O) groups is 1. The molecule has 4 heterocycles. The summed E-state index contributed by atoms with van der Waals surface area (Å²) in [5.41, 5.74) is 3.39. The lowest BCUT2D eigenvalue weighted by Gasteiger charge is -2.12. The largest absolute Gasteiger partial charge is 0.453 e. The second-order valence-corrected chi connectivity index (χ2v) is 11.5. The van der Waals surface area contributed by atoms with Crippen molar-refractivity contribution in [2.45, 2.75) is 13.5 Å². The normalized spacial score (nSPS) is 11.1. The van der Waals surface area contributed by atoms with E-state index in [1.807, 2.05) is 42.6 Å². The van der Waals surface area contributed by atoms with E-state index in [9.17, 15) is 9.59 Å². The van der Waals surface area contributed by atoms with Crippen molar-refractivity contribution in [3.05, 3.63) is 130 Å². The molecule has 4 aromatic heterocycles. The number of para-hydroxylation sites is 1. The van der Waals surface area contributed by atoms with Gasteiger partial charge in [-0.15, -0.1) is 11.3 Å². The lowest BCUT2D eigenvalue weighted by Crippen LogP contribution is -2.29. The number of aromatic nitrogens is 3. The maximum atomic E-state index is 15.3. The van der Waals surface area contributed by atoms with Crippen LogP contribution in [0.5, 0.6) is 11.5 Å². The number of nitrogens with zero attached hydrogens (tertiary/aromatic N) is 3. The van der Waals surface area contributed by atoms with Crippen LogP contribution in [0, 0.1) is 12.7 Å². The summed E-state index contributed by atoms with van der Waals surface area (Å²) < 4.78 is 28.5. The molecule has 0 aliphatic heterocycles. The third kappa shape index (κ3) is 6.71. The highest BCUT2D eigenvalue weighted by atomic mass is 32.1. The lowest BCUT2D eigenvalue weighted by molar-refractivity contribution is 0.102. The van der Waals surface area contributed by atoms with Gasteiger partial charge in [0.15, 0.2) is 11.6 Å². The monoisotopic (exact) mass is 635 g/mol. The van der Waals surface area contributed by atoms with Crippen LogP contribution in [0.2, 0.25) is 0 Å². The molecule has 0 fully saturated rings. The minimum Gasteiger partial charge on any atom is -0.453 e. The van der Waals surface area contributed by atoms with Crippen molar-refractivity contribution in [1.82, 2.24) is 19.9 Å². The Hall–Kier alpha value is -5.23. The van der Waals surface area contributed by atoms with E-state index in [2.05, 4.69) is 20.6 Å². The Kier molecular flexibility index (Phi) is 9.25. The van der Waals surface area contributed by atoms with Crippen molar-refractivity contribution in [2.24, 2.45) is 0 Å². The van der Waals surface area contributed by atoms with Crippen LogP contribution in [0.15, 0.2) is 102 Å². The smallest absolute Gasteiger partial charge is 0.268 e. The molecule has 0 atom stereocenters. The van der Waals surface area contributed by atoms with Crippen LogP contribution in [-0.2, 0) is 11.3 Å². The lowest BCUT2D eigenvalue weighted by atomic mass is 10.1. The Labute approximate surface area is 268 Å². The standard InChI is InChI=1S/C35H30FN5O4S/c1-22-13-16-41(25-6-4-3-5-7-25)35(43)32(22)34(42)40-24-9-11-29(26(36)18-24)45-30-12-14-38-28-19-31(46-33(28)30)27-10-8-23(21-39-27)20-37-15-17-44-2/h3-14,16,18-19,21,37H,15,17,20H2,1-2H3,(H,40,42). The van der Waals surface area contributed by atoms with Gasteiger partial charge in [0.2, 0.25) is 0 Å². The molecule has 1 amide bonds. The van der Waals surface area contributed by atoms with Gasteiger partial charge in [-0.3, -0.25) is 24.1 Å². The fraction of sp³-hybridized carbons (Fsp3) is 0.143. The quantitative estimate of drug-likeness (QED) is 0.152. The molecule has 46 heavy (non-hydrogen) atoms. The number of aryl methyl sites for hydroxylation is 1. The number of halogens is 1. The third-order valence-corrected chi connectivity index (χ3v) is 8.40. The zero-order chi connectivity index (χ0) is 32.0. The molecule has 0 aliphatic carbocycles. The molecule has 0 unspecified atom stereocenters. The van der Waals surface area contributed by atoms with Gasteiger partial charge in [-0.25, -0.2) is 4.39 Å². The molecule has 0 radical (unpaired) electrons. The number of pyridine rings is 3. The second-order valence-electron chi connectivity index (χ2n) is 10.4. The number of rotatable bonds is 11. The first-order valence-electron chi connectivity index (χ1n) is 14.5. The van der Waals surface area contributed by atoms with Crippen molar-refractivity contribution < 1.29 is 18.7 Å². The first kappa shape index (κ1) is 30.8. The Morgan fingerprint density at radius 3 is 2.61 bits per heavy atom. The zero-order valence-corrected chi connectivity index (χ0v) is 25.9. The third-order valence-electron chi connectivity index (χ3n) is 7.24. The fourth-order valence-corrected chi connectivity index (χ4v) is 5.91. The Balaban J connectivity index is 1.18. The van der Waals surface area contributed by atoms with Gasteiger partial charge >= 0.3 is 0 Å². The first-order valence-corrected chi connectivity index (χ1v) is 15.3. The van der Waals surface area contributed by atoms with Crippen molar-refractivity contribution in [3.8, 4) is 27.8 Å². The number of nitrogens with one attached hydrogen (secondary N) is 2. The number of benzene rings is 2.